The highest BCUT2D eigenvalue weighted by Gasteiger charge is 2.05. The third-order valence-corrected chi connectivity index (χ3v) is 0.920. The summed E-state index contributed by atoms with van der Waals surface area (Å²) in [7, 11) is 0. The van der Waals surface area contributed by atoms with Gasteiger partial charge in [0.15, 0.2) is 0 Å². The average molecular weight is 137 g/mol. The number of hydrogen-bond donors (Lipinski definition) is 2. The molecule has 1 atom stereocenters. The molecule has 0 rings (SSSR count). The van der Waals surface area contributed by atoms with Crippen LogP contribution in [0.4, 0.5) is 0 Å². The van der Waals surface area contributed by atoms with E-state index in [4.69, 9.17) is 10.7 Å². The van der Waals surface area contributed by atoms with Crippen LogP contribution in [0.25, 0.3) is 0 Å². The molecule has 0 aliphatic rings. The van der Waals surface area contributed by atoms with Crippen LogP contribution in [0.3, 0.4) is 0 Å². The van der Waals surface area contributed by atoms with Crippen molar-refractivity contribution in [3.63, 3.8) is 0 Å². The molecule has 0 heterocycles. The summed E-state index contributed by atoms with van der Waals surface area (Å²) in [6, 6.07) is 0.992. The zero-order chi connectivity index (χ0) is 7.98. The molecular formula is C6H7N3O. The standard InChI is InChI=1S/C6H7N3O/c1-5(2-7)6(3-8)9-4-10/h2,4,6-7H,1H2,(H,9,10). The summed E-state index contributed by atoms with van der Waals surface area (Å²) in [5.74, 6) is 0. The molecule has 0 saturated carbocycles. The summed E-state index contributed by atoms with van der Waals surface area (Å²) in [6.07, 6.45) is 1.34. The van der Waals surface area contributed by atoms with Gasteiger partial charge in [0.2, 0.25) is 6.41 Å². The molecule has 0 aromatic rings. The molecule has 0 fully saturated rings. The van der Waals surface area contributed by atoms with Gasteiger partial charge in [-0.15, -0.1) is 0 Å². The lowest BCUT2D eigenvalue weighted by molar-refractivity contribution is -0.109. The number of carbonyl (C=O) groups is 1. The van der Waals surface area contributed by atoms with E-state index in [0.29, 0.717) is 6.41 Å². The smallest absolute Gasteiger partial charge is 0.208 e. The second kappa shape index (κ2) is 4.27. The van der Waals surface area contributed by atoms with E-state index in [-0.39, 0.29) is 5.57 Å². The minimum Gasteiger partial charge on any atom is -0.339 e. The lowest BCUT2D eigenvalue weighted by Crippen LogP contribution is -2.27. The highest BCUT2D eigenvalue weighted by molar-refractivity contribution is 5.78. The Balaban J connectivity index is 4.08. The molecule has 0 bridgehead atoms. The van der Waals surface area contributed by atoms with Gasteiger partial charge in [0.05, 0.1) is 6.07 Å². The van der Waals surface area contributed by atoms with Gasteiger partial charge in [-0.1, -0.05) is 6.58 Å². The van der Waals surface area contributed by atoms with Crippen LogP contribution in [0.5, 0.6) is 0 Å². The Labute approximate surface area is 58.7 Å². The Morgan fingerprint density at radius 3 is 2.80 bits per heavy atom. The van der Waals surface area contributed by atoms with Crippen molar-refractivity contribution in [2.45, 2.75) is 6.04 Å². The first-order valence-electron chi connectivity index (χ1n) is 2.54. The molecule has 0 radical (unpaired) electrons. The van der Waals surface area contributed by atoms with Crippen LogP contribution < -0.4 is 5.32 Å². The van der Waals surface area contributed by atoms with E-state index in [9.17, 15) is 4.79 Å². The molecule has 4 nitrogen and oxygen atoms in total. The van der Waals surface area contributed by atoms with Crippen LogP contribution in [0, 0.1) is 16.7 Å². The summed E-state index contributed by atoms with van der Waals surface area (Å²) < 4.78 is 0. The maximum Gasteiger partial charge on any atom is 0.208 e. The fraction of sp³-hybridized carbons (Fsp3) is 0.167. The summed E-state index contributed by atoms with van der Waals surface area (Å²) >= 11 is 0. The number of nitrogens with zero attached hydrogens (tertiary/aromatic N) is 1. The van der Waals surface area contributed by atoms with E-state index in [1.54, 1.807) is 6.07 Å². The molecule has 1 unspecified atom stereocenters. The Kier molecular flexibility index (Phi) is 3.57. The van der Waals surface area contributed by atoms with Gasteiger partial charge in [0.25, 0.3) is 0 Å². The molecule has 1 amide bonds. The van der Waals surface area contributed by atoms with Crippen molar-refractivity contribution in [3.8, 4) is 6.07 Å². The van der Waals surface area contributed by atoms with Gasteiger partial charge in [0, 0.05) is 6.21 Å². The number of nitriles is 1. The van der Waals surface area contributed by atoms with Crippen LogP contribution in [0.2, 0.25) is 0 Å². The van der Waals surface area contributed by atoms with Gasteiger partial charge in [-0.25, -0.2) is 0 Å². The molecule has 4 heteroatoms. The largest absolute Gasteiger partial charge is 0.339 e. The molecule has 0 aliphatic heterocycles. The van der Waals surface area contributed by atoms with Crippen molar-refractivity contribution in [1.29, 1.82) is 10.7 Å². The molecular weight excluding hydrogens is 130 g/mol. The van der Waals surface area contributed by atoms with Crippen LogP contribution in [0.15, 0.2) is 12.2 Å². The zero-order valence-corrected chi connectivity index (χ0v) is 5.29. The van der Waals surface area contributed by atoms with Crippen LogP contribution in [0.1, 0.15) is 0 Å². The summed E-state index contributed by atoms with van der Waals surface area (Å²) in [4.78, 5) is 9.82. The van der Waals surface area contributed by atoms with E-state index in [2.05, 4.69) is 11.9 Å². The topological polar surface area (TPSA) is 76.7 Å². The molecule has 10 heavy (non-hydrogen) atoms. The molecule has 0 spiro atoms. The van der Waals surface area contributed by atoms with Gasteiger partial charge < -0.3 is 10.7 Å². The van der Waals surface area contributed by atoms with Crippen molar-refractivity contribution >= 4 is 12.6 Å². The monoisotopic (exact) mass is 137 g/mol. The summed E-state index contributed by atoms with van der Waals surface area (Å²) in [5, 5.41) is 17.2. The lowest BCUT2D eigenvalue weighted by Gasteiger charge is -2.04. The minimum absolute atomic E-state index is 0.273. The first-order chi connectivity index (χ1) is 4.76. The Bertz CT molecular complexity index is 192. The van der Waals surface area contributed by atoms with Crippen LogP contribution in [-0.2, 0) is 4.79 Å². The zero-order valence-electron chi connectivity index (χ0n) is 5.29. The highest BCUT2D eigenvalue weighted by atomic mass is 16.1. The Morgan fingerprint density at radius 2 is 2.50 bits per heavy atom. The predicted octanol–water partition coefficient (Wildman–Crippen LogP) is -0.170. The second-order valence-corrected chi connectivity index (χ2v) is 1.57. The first-order valence-corrected chi connectivity index (χ1v) is 2.54. The fourth-order valence-electron chi connectivity index (χ4n) is 0.379. The van der Waals surface area contributed by atoms with Gasteiger partial charge >= 0.3 is 0 Å². The van der Waals surface area contributed by atoms with Gasteiger partial charge in [-0.3, -0.25) is 4.79 Å². The highest BCUT2D eigenvalue weighted by Crippen LogP contribution is 1.91. The van der Waals surface area contributed by atoms with E-state index in [0.717, 1.165) is 6.21 Å². The minimum atomic E-state index is -0.769. The molecule has 0 aromatic carbocycles. The van der Waals surface area contributed by atoms with E-state index >= 15 is 0 Å². The molecule has 0 saturated heterocycles. The van der Waals surface area contributed by atoms with Crippen molar-refractivity contribution in [2.24, 2.45) is 0 Å². The van der Waals surface area contributed by atoms with Crippen LogP contribution in [-0.4, -0.2) is 18.7 Å². The van der Waals surface area contributed by atoms with Crippen molar-refractivity contribution in [1.82, 2.24) is 5.32 Å². The van der Waals surface area contributed by atoms with E-state index < -0.39 is 6.04 Å². The Hall–Kier alpha value is -1.63. The molecule has 0 aromatic heterocycles. The van der Waals surface area contributed by atoms with Gasteiger partial charge in [-0.05, 0) is 5.57 Å². The SMILES string of the molecule is C=C(C=N)C(C#N)NC=O. The van der Waals surface area contributed by atoms with Gasteiger partial charge in [0.1, 0.15) is 6.04 Å². The number of carbonyl (C=O) groups excluding carboxylic acids is 1. The predicted molar refractivity (Wildman–Crippen MR) is 36.5 cm³/mol. The quantitative estimate of drug-likeness (QED) is 0.417. The summed E-state index contributed by atoms with van der Waals surface area (Å²) in [6.45, 7) is 3.38. The van der Waals surface area contributed by atoms with Crippen molar-refractivity contribution < 1.29 is 4.79 Å². The maximum atomic E-state index is 9.82. The number of amides is 1. The third-order valence-electron chi connectivity index (χ3n) is 0.920. The Morgan fingerprint density at radius 1 is 1.90 bits per heavy atom. The normalized spacial score (nSPS) is 10.7. The second-order valence-electron chi connectivity index (χ2n) is 1.57. The first kappa shape index (κ1) is 8.37. The fourth-order valence-corrected chi connectivity index (χ4v) is 0.379. The number of nitrogens with one attached hydrogen (secondary N) is 2. The molecule has 2 N–H and O–H groups in total. The average Bonchev–Trinajstić information content (AvgIpc) is 1.99. The van der Waals surface area contributed by atoms with Crippen molar-refractivity contribution in [3.05, 3.63) is 12.2 Å². The molecule has 52 valence electrons. The lowest BCUT2D eigenvalue weighted by atomic mass is 10.2. The number of hydrogen-bond acceptors (Lipinski definition) is 3. The maximum absolute atomic E-state index is 9.82. The van der Waals surface area contributed by atoms with Crippen LogP contribution >= 0.6 is 0 Å². The molecule has 0 aliphatic carbocycles. The van der Waals surface area contributed by atoms with E-state index in [1.165, 1.54) is 0 Å². The van der Waals surface area contributed by atoms with Crippen molar-refractivity contribution in [2.75, 3.05) is 0 Å². The van der Waals surface area contributed by atoms with Gasteiger partial charge in [-0.2, -0.15) is 5.26 Å². The number of rotatable bonds is 4. The van der Waals surface area contributed by atoms with E-state index in [1.807, 2.05) is 0 Å². The summed E-state index contributed by atoms with van der Waals surface area (Å²) in [5.41, 5.74) is 0.273. The third kappa shape index (κ3) is 2.09.